The molecule has 30 heavy (non-hydrogen) atoms. The smallest absolute Gasteiger partial charge is 0.268 e. The van der Waals surface area contributed by atoms with Gasteiger partial charge in [0.05, 0.1) is 6.04 Å². The molecule has 1 aliphatic rings. The highest BCUT2D eigenvalue weighted by molar-refractivity contribution is 6.21. The standard InChI is InChI=1S/C25H38ClN3O/c1-6-22(14-13-21(3)26)15-19-28(5)29(23-11-9-17-27(4)18-16-23)25(30)24-12-8-7-10-20(24)2/h6-8,10,12-14,21,23H,9,11,15-19H2,1-5H3/b14-13-,22-6+. The number of amides is 1. The lowest BCUT2D eigenvalue weighted by atomic mass is 10.0. The van der Waals surface area contributed by atoms with E-state index >= 15 is 0 Å². The lowest BCUT2D eigenvalue weighted by molar-refractivity contribution is -0.0229. The van der Waals surface area contributed by atoms with Crippen molar-refractivity contribution in [3.63, 3.8) is 0 Å². The molecule has 2 atom stereocenters. The average molecular weight is 432 g/mol. The summed E-state index contributed by atoms with van der Waals surface area (Å²) in [5.41, 5.74) is 3.06. The Morgan fingerprint density at radius 3 is 2.70 bits per heavy atom. The van der Waals surface area contributed by atoms with Gasteiger partial charge in [-0.1, -0.05) is 42.0 Å². The first-order valence-electron chi connectivity index (χ1n) is 11.1. The summed E-state index contributed by atoms with van der Waals surface area (Å²) < 4.78 is 0. The molecule has 1 amide bonds. The molecule has 0 aromatic heterocycles. The minimum absolute atomic E-state index is 0.0137. The molecule has 166 valence electrons. The lowest BCUT2D eigenvalue weighted by Gasteiger charge is -2.38. The molecule has 1 saturated heterocycles. The topological polar surface area (TPSA) is 26.8 Å². The predicted octanol–water partition coefficient (Wildman–Crippen LogP) is 5.29. The summed E-state index contributed by atoms with van der Waals surface area (Å²) >= 11 is 6.06. The molecule has 0 radical (unpaired) electrons. The number of carbonyl (C=O) groups excluding carboxylic acids is 1. The molecule has 0 N–H and O–H groups in total. The summed E-state index contributed by atoms with van der Waals surface area (Å²) in [5.74, 6) is 0.108. The Hall–Kier alpha value is -1.62. The number of hydrogen-bond acceptors (Lipinski definition) is 3. The van der Waals surface area contributed by atoms with Crippen LogP contribution < -0.4 is 0 Å². The normalized spacial score (nSPS) is 19.8. The van der Waals surface area contributed by atoms with Crippen LogP contribution in [0.4, 0.5) is 0 Å². The Morgan fingerprint density at radius 2 is 2.03 bits per heavy atom. The van der Waals surface area contributed by atoms with E-state index in [1.54, 1.807) is 0 Å². The van der Waals surface area contributed by atoms with E-state index < -0.39 is 0 Å². The number of carbonyl (C=O) groups is 1. The van der Waals surface area contributed by atoms with E-state index in [9.17, 15) is 4.79 Å². The number of likely N-dealkylation sites (tertiary alicyclic amines) is 1. The number of aryl methyl sites for hydroxylation is 1. The second kappa shape index (κ2) is 12.3. The van der Waals surface area contributed by atoms with Gasteiger partial charge in [-0.25, -0.2) is 5.01 Å². The monoisotopic (exact) mass is 431 g/mol. The highest BCUT2D eigenvalue weighted by Gasteiger charge is 2.30. The Balaban J connectivity index is 2.21. The van der Waals surface area contributed by atoms with Crippen LogP contribution in [0.25, 0.3) is 0 Å². The van der Waals surface area contributed by atoms with E-state index in [0.717, 1.165) is 56.4 Å². The number of nitrogens with zero attached hydrogens (tertiary/aromatic N) is 3. The molecular weight excluding hydrogens is 394 g/mol. The van der Waals surface area contributed by atoms with Crippen LogP contribution in [0.15, 0.2) is 48.1 Å². The Kier molecular flexibility index (Phi) is 10.1. The largest absolute Gasteiger partial charge is 0.306 e. The molecule has 0 saturated carbocycles. The lowest BCUT2D eigenvalue weighted by Crippen LogP contribution is -2.51. The third-order valence-corrected chi connectivity index (χ3v) is 6.03. The van der Waals surface area contributed by atoms with Crippen molar-refractivity contribution in [1.29, 1.82) is 0 Å². The molecule has 0 spiro atoms. The zero-order valence-corrected chi connectivity index (χ0v) is 20.0. The summed E-state index contributed by atoms with van der Waals surface area (Å²) in [6, 6.07) is 8.13. The second-order valence-electron chi connectivity index (χ2n) is 8.38. The minimum Gasteiger partial charge on any atom is -0.306 e. The van der Waals surface area contributed by atoms with Gasteiger partial charge in [0.2, 0.25) is 0 Å². The van der Waals surface area contributed by atoms with Crippen LogP contribution in [-0.4, -0.2) is 66.0 Å². The summed E-state index contributed by atoms with van der Waals surface area (Å²) in [4.78, 5) is 16.0. The first kappa shape index (κ1) is 24.6. The van der Waals surface area contributed by atoms with Crippen molar-refractivity contribution < 1.29 is 4.79 Å². The molecule has 0 bridgehead atoms. The van der Waals surface area contributed by atoms with Crippen LogP contribution in [0, 0.1) is 6.92 Å². The second-order valence-corrected chi connectivity index (χ2v) is 9.07. The third-order valence-electron chi connectivity index (χ3n) is 5.89. The van der Waals surface area contributed by atoms with Crippen molar-refractivity contribution in [3.8, 4) is 0 Å². The number of benzene rings is 1. The van der Waals surface area contributed by atoms with E-state index in [-0.39, 0.29) is 17.3 Å². The fraction of sp³-hybridized carbons (Fsp3) is 0.560. The number of hydrogen-bond donors (Lipinski definition) is 0. The first-order valence-corrected chi connectivity index (χ1v) is 11.5. The maximum absolute atomic E-state index is 13.7. The number of alkyl halides is 1. The summed E-state index contributed by atoms with van der Waals surface area (Å²) in [6.07, 6.45) is 10.2. The van der Waals surface area contributed by atoms with Gasteiger partial charge in [-0.2, -0.15) is 0 Å². The van der Waals surface area contributed by atoms with E-state index in [0.29, 0.717) is 0 Å². The minimum atomic E-state index is 0.0137. The van der Waals surface area contributed by atoms with Gasteiger partial charge < -0.3 is 4.90 Å². The highest BCUT2D eigenvalue weighted by atomic mass is 35.5. The van der Waals surface area contributed by atoms with Crippen LogP contribution >= 0.6 is 11.6 Å². The third kappa shape index (κ3) is 7.26. The molecule has 1 aromatic carbocycles. The number of hydrazine groups is 1. The van der Waals surface area contributed by atoms with Gasteiger partial charge in [0.15, 0.2) is 0 Å². The van der Waals surface area contributed by atoms with Crippen molar-refractivity contribution in [2.45, 2.75) is 57.9 Å². The number of allylic oxidation sites excluding steroid dienone is 3. The first-order chi connectivity index (χ1) is 14.3. The molecule has 2 rings (SSSR count). The predicted molar refractivity (Wildman–Crippen MR) is 128 cm³/mol. The van der Waals surface area contributed by atoms with Crippen LogP contribution in [0.1, 0.15) is 55.5 Å². The van der Waals surface area contributed by atoms with E-state index in [2.05, 4.69) is 36.0 Å². The van der Waals surface area contributed by atoms with Crippen molar-refractivity contribution in [3.05, 3.63) is 59.2 Å². The van der Waals surface area contributed by atoms with E-state index in [1.807, 2.05) is 56.2 Å². The highest BCUT2D eigenvalue weighted by Crippen LogP contribution is 2.22. The molecule has 1 aliphatic heterocycles. The molecule has 1 aromatic rings. The quantitative estimate of drug-likeness (QED) is 0.318. The van der Waals surface area contributed by atoms with E-state index in [1.165, 1.54) is 5.57 Å². The zero-order chi connectivity index (χ0) is 22.1. The van der Waals surface area contributed by atoms with Crippen LogP contribution in [-0.2, 0) is 0 Å². The zero-order valence-electron chi connectivity index (χ0n) is 19.3. The number of rotatable bonds is 8. The Bertz CT molecular complexity index is 744. The number of halogens is 1. The summed E-state index contributed by atoms with van der Waals surface area (Å²) in [5, 5.41) is 4.18. The maximum atomic E-state index is 13.7. The van der Waals surface area contributed by atoms with Gasteiger partial charge in [-0.3, -0.25) is 9.80 Å². The molecule has 5 heteroatoms. The molecular formula is C25H38ClN3O. The maximum Gasteiger partial charge on any atom is 0.268 e. The van der Waals surface area contributed by atoms with Crippen LogP contribution in [0.5, 0.6) is 0 Å². The van der Waals surface area contributed by atoms with Gasteiger partial charge in [-0.05, 0) is 78.2 Å². The van der Waals surface area contributed by atoms with Crippen molar-refractivity contribution in [1.82, 2.24) is 14.9 Å². The van der Waals surface area contributed by atoms with Gasteiger partial charge in [-0.15, -0.1) is 11.6 Å². The Labute approximate surface area is 188 Å². The van der Waals surface area contributed by atoms with E-state index in [4.69, 9.17) is 11.6 Å². The molecule has 1 heterocycles. The van der Waals surface area contributed by atoms with Crippen molar-refractivity contribution >= 4 is 17.5 Å². The molecule has 1 fully saturated rings. The SMILES string of the molecule is C/C=C(\C=C/C(C)Cl)CCN(C)N(C(=O)c1ccccc1C)C1CCCN(C)CC1. The molecule has 4 nitrogen and oxygen atoms in total. The molecule has 2 unspecified atom stereocenters. The van der Waals surface area contributed by atoms with Gasteiger partial charge in [0, 0.05) is 24.5 Å². The van der Waals surface area contributed by atoms with Crippen LogP contribution in [0.2, 0.25) is 0 Å². The molecule has 0 aliphatic carbocycles. The van der Waals surface area contributed by atoms with Gasteiger partial charge >= 0.3 is 0 Å². The van der Waals surface area contributed by atoms with Gasteiger partial charge in [0.25, 0.3) is 5.91 Å². The van der Waals surface area contributed by atoms with Crippen molar-refractivity contribution in [2.24, 2.45) is 0 Å². The fourth-order valence-corrected chi connectivity index (χ4v) is 4.05. The summed E-state index contributed by atoms with van der Waals surface area (Å²) in [6.45, 7) is 8.93. The van der Waals surface area contributed by atoms with Crippen LogP contribution in [0.3, 0.4) is 0 Å². The summed E-state index contributed by atoms with van der Waals surface area (Å²) in [7, 11) is 4.22. The Morgan fingerprint density at radius 1 is 1.30 bits per heavy atom. The average Bonchev–Trinajstić information content (AvgIpc) is 2.93. The fourth-order valence-electron chi connectivity index (χ4n) is 3.98. The van der Waals surface area contributed by atoms with Crippen molar-refractivity contribution in [2.75, 3.05) is 33.7 Å². The van der Waals surface area contributed by atoms with Gasteiger partial charge in [0.1, 0.15) is 0 Å².